The molecule has 0 N–H and O–H groups in total. The first-order chi connectivity index (χ1) is 25.7. The Morgan fingerprint density at radius 3 is 1.63 bits per heavy atom. The average molecular weight is 686 g/mol. The molecule has 0 aliphatic rings. The molecule has 7 heteroatoms. The largest absolute Gasteiger partial charge is 0.371 e. The lowest BCUT2D eigenvalue weighted by Gasteiger charge is -2.10. The van der Waals surface area contributed by atoms with Crippen LogP contribution in [-0.2, 0) is 0 Å². The Balaban J connectivity index is 1.10. The monoisotopic (exact) mass is 685 g/mol. The maximum Gasteiger partial charge on any atom is 0.371 e. The standard InChI is InChI=1S/C45H27N5OS/c51-44-46-43(28-11-3-1-4-12-28)50-41-27-32(21-24-42(41)52-45(50)47-44)49-38-18-10-8-16-34(38)36-26-30(20-23-40(36)49)29-19-22-39-35(25-29)33-15-7-9-17-37(33)48(39)31-13-5-2-6-14-31/h1-27H. The van der Waals surface area contributed by atoms with Crippen molar-refractivity contribution in [1.82, 2.24) is 23.5 Å². The van der Waals surface area contributed by atoms with Crippen molar-refractivity contribution >= 4 is 70.1 Å². The molecule has 0 aliphatic carbocycles. The van der Waals surface area contributed by atoms with E-state index in [0.29, 0.717) is 10.8 Å². The van der Waals surface area contributed by atoms with Gasteiger partial charge < -0.3 is 9.13 Å². The normalized spacial score (nSPS) is 11.9. The first-order valence-corrected chi connectivity index (χ1v) is 18.0. The molecule has 0 saturated carbocycles. The van der Waals surface area contributed by atoms with Gasteiger partial charge in [0.05, 0.1) is 32.3 Å². The summed E-state index contributed by atoms with van der Waals surface area (Å²) >= 11 is 1.50. The van der Waals surface area contributed by atoms with Crippen LogP contribution in [0.4, 0.5) is 0 Å². The molecule has 7 aromatic carbocycles. The number of hydrogen-bond donors (Lipinski definition) is 0. The Labute approximate surface area is 300 Å². The lowest BCUT2D eigenvalue weighted by Crippen LogP contribution is -2.14. The van der Waals surface area contributed by atoms with Crippen molar-refractivity contribution in [3.8, 4) is 33.9 Å². The molecule has 0 aliphatic heterocycles. The van der Waals surface area contributed by atoms with E-state index in [4.69, 9.17) is 0 Å². The molecule has 0 spiro atoms. The van der Waals surface area contributed by atoms with Gasteiger partial charge in [-0.3, -0.25) is 4.40 Å². The quantitative estimate of drug-likeness (QED) is 0.185. The van der Waals surface area contributed by atoms with Crippen molar-refractivity contribution < 1.29 is 0 Å². The van der Waals surface area contributed by atoms with Crippen LogP contribution < -0.4 is 5.69 Å². The van der Waals surface area contributed by atoms with Gasteiger partial charge in [-0.05, 0) is 77.9 Å². The van der Waals surface area contributed by atoms with Crippen molar-refractivity contribution in [2.75, 3.05) is 0 Å². The van der Waals surface area contributed by atoms with E-state index in [1.165, 1.54) is 55.0 Å². The van der Waals surface area contributed by atoms with E-state index in [1.54, 1.807) is 0 Å². The fraction of sp³-hybridized carbons (Fsp3) is 0. The second-order valence-electron chi connectivity index (χ2n) is 13.1. The fourth-order valence-corrected chi connectivity index (χ4v) is 8.88. The molecule has 244 valence electrons. The van der Waals surface area contributed by atoms with Gasteiger partial charge >= 0.3 is 5.69 Å². The van der Waals surface area contributed by atoms with Crippen molar-refractivity contribution in [3.63, 3.8) is 0 Å². The van der Waals surface area contributed by atoms with E-state index >= 15 is 0 Å². The van der Waals surface area contributed by atoms with Crippen LogP contribution in [0.5, 0.6) is 0 Å². The van der Waals surface area contributed by atoms with E-state index in [2.05, 4.69) is 153 Å². The molecule has 0 atom stereocenters. The number of thiazole rings is 1. The van der Waals surface area contributed by atoms with Crippen LogP contribution in [0.25, 0.3) is 92.7 Å². The van der Waals surface area contributed by atoms with Crippen molar-refractivity contribution in [1.29, 1.82) is 0 Å². The van der Waals surface area contributed by atoms with Gasteiger partial charge in [-0.25, -0.2) is 4.79 Å². The zero-order valence-corrected chi connectivity index (χ0v) is 28.5. The minimum atomic E-state index is -0.482. The predicted molar refractivity (Wildman–Crippen MR) is 214 cm³/mol. The van der Waals surface area contributed by atoms with Gasteiger partial charge in [0.15, 0.2) is 5.82 Å². The molecule has 0 saturated heterocycles. The fourth-order valence-electron chi connectivity index (χ4n) is 7.90. The summed E-state index contributed by atoms with van der Waals surface area (Å²) in [7, 11) is 0. The van der Waals surface area contributed by atoms with Crippen molar-refractivity contribution in [3.05, 3.63) is 174 Å². The number of benzene rings is 7. The molecule has 11 aromatic rings. The molecule has 0 fully saturated rings. The zero-order chi connectivity index (χ0) is 34.3. The summed E-state index contributed by atoms with van der Waals surface area (Å²) in [5.41, 5.74) is 10.5. The Kier molecular flexibility index (Phi) is 6.17. The van der Waals surface area contributed by atoms with Crippen LogP contribution in [-0.4, -0.2) is 23.5 Å². The van der Waals surface area contributed by atoms with E-state index in [9.17, 15) is 4.79 Å². The third-order valence-electron chi connectivity index (χ3n) is 10.2. The second kappa shape index (κ2) is 11.1. The van der Waals surface area contributed by atoms with Crippen molar-refractivity contribution in [2.24, 2.45) is 0 Å². The Hall–Kier alpha value is -6.83. The summed E-state index contributed by atoms with van der Waals surface area (Å²) in [6, 6.07) is 57.8. The number of para-hydroxylation sites is 3. The Morgan fingerprint density at radius 1 is 0.423 bits per heavy atom. The van der Waals surface area contributed by atoms with Gasteiger partial charge in [0, 0.05) is 38.5 Å². The lowest BCUT2D eigenvalue weighted by molar-refractivity contribution is 1.01. The van der Waals surface area contributed by atoms with E-state index in [0.717, 1.165) is 38.2 Å². The number of aromatic nitrogens is 5. The topological polar surface area (TPSA) is 57.1 Å². The van der Waals surface area contributed by atoms with Gasteiger partial charge in [0.25, 0.3) is 0 Å². The van der Waals surface area contributed by atoms with Crippen LogP contribution in [0.1, 0.15) is 0 Å². The third kappa shape index (κ3) is 4.26. The van der Waals surface area contributed by atoms with Crippen LogP contribution in [0.2, 0.25) is 0 Å². The molecule has 0 amide bonds. The molecule has 0 bridgehead atoms. The minimum absolute atomic E-state index is 0.482. The van der Waals surface area contributed by atoms with E-state index in [1.807, 2.05) is 34.7 Å². The lowest BCUT2D eigenvalue weighted by atomic mass is 10.0. The summed E-state index contributed by atoms with van der Waals surface area (Å²) in [4.78, 5) is 21.9. The predicted octanol–water partition coefficient (Wildman–Crippen LogP) is 10.8. The number of fused-ring (bicyclic) bond motifs is 9. The van der Waals surface area contributed by atoms with E-state index in [-0.39, 0.29) is 0 Å². The zero-order valence-electron chi connectivity index (χ0n) is 27.6. The van der Waals surface area contributed by atoms with Gasteiger partial charge in [-0.1, -0.05) is 108 Å². The summed E-state index contributed by atoms with van der Waals surface area (Å²) in [6.45, 7) is 0. The summed E-state index contributed by atoms with van der Waals surface area (Å²) < 4.78 is 7.73. The van der Waals surface area contributed by atoms with Crippen LogP contribution in [0.15, 0.2) is 169 Å². The minimum Gasteiger partial charge on any atom is -0.309 e. The molecule has 0 radical (unpaired) electrons. The number of hydrogen-bond acceptors (Lipinski definition) is 4. The first kappa shape index (κ1) is 29.0. The van der Waals surface area contributed by atoms with Gasteiger partial charge in [-0.2, -0.15) is 9.97 Å². The highest BCUT2D eigenvalue weighted by molar-refractivity contribution is 7.23. The highest BCUT2D eigenvalue weighted by Gasteiger charge is 2.18. The summed E-state index contributed by atoms with van der Waals surface area (Å²) in [5, 5.41) is 4.85. The van der Waals surface area contributed by atoms with Gasteiger partial charge in [0.1, 0.15) is 0 Å². The molecule has 6 nitrogen and oxygen atoms in total. The smallest absolute Gasteiger partial charge is 0.309 e. The maximum atomic E-state index is 12.6. The molecular weight excluding hydrogens is 659 g/mol. The van der Waals surface area contributed by atoms with Gasteiger partial charge in [0.2, 0.25) is 4.96 Å². The van der Waals surface area contributed by atoms with Crippen LogP contribution in [0, 0.1) is 0 Å². The average Bonchev–Trinajstić information content (AvgIpc) is 3.85. The highest BCUT2D eigenvalue weighted by atomic mass is 32.1. The summed E-state index contributed by atoms with van der Waals surface area (Å²) in [6.07, 6.45) is 0. The van der Waals surface area contributed by atoms with E-state index < -0.39 is 5.69 Å². The molecule has 11 rings (SSSR count). The molecule has 4 heterocycles. The highest BCUT2D eigenvalue weighted by Crippen LogP contribution is 2.39. The molecular formula is C45H27N5OS. The summed E-state index contributed by atoms with van der Waals surface area (Å²) in [5.74, 6) is 0.592. The molecule has 52 heavy (non-hydrogen) atoms. The Bertz CT molecular complexity index is 3260. The van der Waals surface area contributed by atoms with Crippen LogP contribution >= 0.6 is 11.3 Å². The SMILES string of the molecule is O=c1nc(-c2ccccc2)n2c(n1)sc1ccc(-n3c4ccccc4c4cc(-c5ccc6c(c5)c5ccccc5n6-c5ccccc5)ccc43)cc12. The number of rotatable bonds is 4. The van der Waals surface area contributed by atoms with Crippen LogP contribution in [0.3, 0.4) is 0 Å². The Morgan fingerprint density at radius 2 is 0.981 bits per heavy atom. The number of nitrogens with zero attached hydrogens (tertiary/aromatic N) is 5. The molecule has 4 aromatic heterocycles. The maximum absolute atomic E-state index is 12.6. The first-order valence-electron chi connectivity index (χ1n) is 17.2. The van der Waals surface area contributed by atoms with Crippen molar-refractivity contribution in [2.45, 2.75) is 0 Å². The van der Waals surface area contributed by atoms with Gasteiger partial charge in [-0.15, -0.1) is 0 Å². The molecule has 0 unspecified atom stereocenters. The second-order valence-corrected chi connectivity index (χ2v) is 14.1. The third-order valence-corrected chi connectivity index (χ3v) is 11.2.